The molecule has 3 unspecified atom stereocenters. The van der Waals surface area contributed by atoms with Gasteiger partial charge in [-0.3, -0.25) is 9.35 Å². The van der Waals surface area contributed by atoms with Crippen LogP contribution < -0.4 is 5.32 Å². The van der Waals surface area contributed by atoms with Crippen molar-refractivity contribution in [1.82, 2.24) is 5.32 Å². The predicted molar refractivity (Wildman–Crippen MR) is 195 cm³/mol. The van der Waals surface area contributed by atoms with Crippen molar-refractivity contribution >= 4 is 16.0 Å². The number of aliphatic hydroxyl groups is 2. The molecule has 0 aromatic rings. The van der Waals surface area contributed by atoms with E-state index in [1.165, 1.54) is 102 Å². The molecule has 0 aliphatic heterocycles. The quantitative estimate of drug-likeness (QED) is 0.0313. The van der Waals surface area contributed by atoms with Crippen LogP contribution in [0.2, 0.25) is 0 Å². The van der Waals surface area contributed by atoms with E-state index in [2.05, 4.69) is 43.5 Å². The average molecular weight is 670 g/mol. The molecule has 0 aromatic heterocycles. The van der Waals surface area contributed by atoms with Crippen LogP contribution in [0.25, 0.3) is 0 Å². The SMILES string of the molecule is CC/C=C\C/C=C\CCCCCCCCCCCCCCCC(O)C(=O)NC(CS(=O)(=O)O)C(O)/C=C/CCCCCCCCC. The summed E-state index contributed by atoms with van der Waals surface area (Å²) in [6.07, 6.45) is 37.9. The Bertz CT molecular complexity index is 886. The number of carbonyl (C=O) groups excluding carboxylic acids is 1. The normalized spacial score (nSPS) is 14.5. The standard InChI is InChI=1S/C38H71NO6S/c1-3-5-7-9-11-13-14-15-16-17-18-19-20-21-22-23-25-27-29-31-33-37(41)38(42)39-35(34-46(43,44)45)36(40)32-30-28-26-24-12-10-8-6-4-2/h5,7,11,13,30,32,35-37,40-41H,3-4,6,8-10,12,14-29,31,33-34H2,1-2H3,(H,39,42)(H,43,44,45)/b7-5-,13-11-,32-30+. The Morgan fingerprint density at radius 3 is 1.59 bits per heavy atom. The van der Waals surface area contributed by atoms with Gasteiger partial charge in [0.25, 0.3) is 10.1 Å². The lowest BCUT2D eigenvalue weighted by Gasteiger charge is -2.22. The fraction of sp³-hybridized carbons (Fsp3) is 0.816. The van der Waals surface area contributed by atoms with Gasteiger partial charge in [-0.2, -0.15) is 8.42 Å². The van der Waals surface area contributed by atoms with Crippen LogP contribution in [-0.4, -0.2) is 53.1 Å². The zero-order valence-corrected chi connectivity index (χ0v) is 30.4. The summed E-state index contributed by atoms with van der Waals surface area (Å²) in [5, 5.41) is 23.2. The Hall–Kier alpha value is -1.48. The van der Waals surface area contributed by atoms with E-state index >= 15 is 0 Å². The molecule has 3 atom stereocenters. The Labute approximate surface area is 283 Å². The van der Waals surface area contributed by atoms with Gasteiger partial charge in [-0.05, 0) is 44.9 Å². The van der Waals surface area contributed by atoms with Crippen LogP contribution in [0.3, 0.4) is 0 Å². The second-order valence-electron chi connectivity index (χ2n) is 13.0. The zero-order valence-electron chi connectivity index (χ0n) is 29.6. The van der Waals surface area contributed by atoms with Gasteiger partial charge in [0.15, 0.2) is 0 Å². The van der Waals surface area contributed by atoms with Crippen LogP contribution in [0.15, 0.2) is 36.5 Å². The number of hydrogen-bond donors (Lipinski definition) is 4. The molecule has 4 N–H and O–H groups in total. The average Bonchev–Trinajstić information content (AvgIpc) is 3.01. The second-order valence-corrected chi connectivity index (χ2v) is 14.5. The van der Waals surface area contributed by atoms with Gasteiger partial charge in [-0.15, -0.1) is 0 Å². The molecular weight excluding hydrogens is 598 g/mol. The first-order chi connectivity index (χ1) is 22.2. The van der Waals surface area contributed by atoms with Crippen LogP contribution in [0.4, 0.5) is 0 Å². The highest BCUT2D eigenvalue weighted by Crippen LogP contribution is 2.15. The maximum Gasteiger partial charge on any atom is 0.267 e. The van der Waals surface area contributed by atoms with Crippen molar-refractivity contribution in [2.75, 3.05) is 5.75 Å². The second kappa shape index (κ2) is 32.1. The summed E-state index contributed by atoms with van der Waals surface area (Å²) in [6, 6.07) is -1.23. The molecule has 0 saturated heterocycles. The highest BCUT2D eigenvalue weighted by Gasteiger charge is 2.27. The van der Waals surface area contributed by atoms with E-state index in [4.69, 9.17) is 0 Å². The van der Waals surface area contributed by atoms with Gasteiger partial charge < -0.3 is 15.5 Å². The molecule has 8 heteroatoms. The number of carbonyl (C=O) groups is 1. The lowest BCUT2D eigenvalue weighted by Crippen LogP contribution is -2.50. The molecule has 0 radical (unpaired) electrons. The number of allylic oxidation sites excluding steroid dienone is 5. The molecule has 0 spiro atoms. The third-order valence-electron chi connectivity index (χ3n) is 8.43. The van der Waals surface area contributed by atoms with Crippen molar-refractivity contribution < 1.29 is 28.0 Å². The summed E-state index contributed by atoms with van der Waals surface area (Å²) in [4.78, 5) is 12.5. The lowest BCUT2D eigenvalue weighted by atomic mass is 10.0. The van der Waals surface area contributed by atoms with Crippen LogP contribution >= 0.6 is 0 Å². The largest absolute Gasteiger partial charge is 0.387 e. The van der Waals surface area contributed by atoms with E-state index in [9.17, 15) is 28.0 Å². The molecule has 0 aromatic carbocycles. The van der Waals surface area contributed by atoms with E-state index in [1.807, 2.05) is 0 Å². The molecule has 1 amide bonds. The van der Waals surface area contributed by atoms with Crippen LogP contribution in [0, 0.1) is 0 Å². The maximum atomic E-state index is 12.5. The number of hydrogen-bond acceptors (Lipinski definition) is 5. The minimum atomic E-state index is -4.43. The minimum absolute atomic E-state index is 0.279. The topological polar surface area (TPSA) is 124 Å². The number of amides is 1. The fourth-order valence-corrected chi connectivity index (χ4v) is 6.29. The van der Waals surface area contributed by atoms with Gasteiger partial charge in [-0.1, -0.05) is 166 Å². The Balaban J connectivity index is 3.96. The minimum Gasteiger partial charge on any atom is -0.387 e. The van der Waals surface area contributed by atoms with Gasteiger partial charge in [0.05, 0.1) is 17.9 Å². The number of unbranched alkanes of at least 4 members (excludes halogenated alkanes) is 20. The van der Waals surface area contributed by atoms with Crippen molar-refractivity contribution in [3.8, 4) is 0 Å². The molecule has 0 fully saturated rings. The van der Waals surface area contributed by atoms with Crippen LogP contribution in [0.1, 0.15) is 174 Å². The maximum absolute atomic E-state index is 12.5. The predicted octanol–water partition coefficient (Wildman–Crippen LogP) is 9.54. The molecule has 0 heterocycles. The first-order valence-electron chi connectivity index (χ1n) is 18.8. The molecular formula is C38H71NO6S. The highest BCUT2D eigenvalue weighted by molar-refractivity contribution is 7.85. The van der Waals surface area contributed by atoms with Gasteiger partial charge in [-0.25, -0.2) is 0 Å². The first-order valence-corrected chi connectivity index (χ1v) is 20.4. The summed E-state index contributed by atoms with van der Waals surface area (Å²) in [5.74, 6) is -1.54. The smallest absolute Gasteiger partial charge is 0.267 e. The summed E-state index contributed by atoms with van der Waals surface area (Å²) in [6.45, 7) is 4.35. The van der Waals surface area contributed by atoms with Gasteiger partial charge >= 0.3 is 0 Å². The number of nitrogens with one attached hydrogen (secondary N) is 1. The molecule has 7 nitrogen and oxygen atoms in total. The number of rotatable bonds is 33. The van der Waals surface area contributed by atoms with Crippen LogP contribution in [-0.2, 0) is 14.9 Å². The first kappa shape index (κ1) is 44.5. The summed E-state index contributed by atoms with van der Waals surface area (Å²) in [7, 11) is -4.43. The van der Waals surface area contributed by atoms with E-state index in [0.717, 1.165) is 51.4 Å². The third kappa shape index (κ3) is 31.1. The van der Waals surface area contributed by atoms with E-state index < -0.39 is 40.0 Å². The van der Waals surface area contributed by atoms with Gasteiger partial charge in [0.1, 0.15) is 6.10 Å². The molecule has 270 valence electrons. The van der Waals surface area contributed by atoms with Crippen molar-refractivity contribution in [2.45, 2.75) is 193 Å². The van der Waals surface area contributed by atoms with Gasteiger partial charge in [0.2, 0.25) is 5.91 Å². The molecule has 0 rings (SSSR count). The van der Waals surface area contributed by atoms with E-state index in [0.29, 0.717) is 6.42 Å². The van der Waals surface area contributed by atoms with Crippen molar-refractivity contribution in [1.29, 1.82) is 0 Å². The van der Waals surface area contributed by atoms with Crippen molar-refractivity contribution in [3.05, 3.63) is 36.5 Å². The van der Waals surface area contributed by atoms with Gasteiger partial charge in [0, 0.05) is 0 Å². The Morgan fingerprint density at radius 1 is 0.630 bits per heavy atom. The Kier molecular flexibility index (Phi) is 31.1. The Morgan fingerprint density at radius 2 is 1.09 bits per heavy atom. The monoisotopic (exact) mass is 670 g/mol. The molecule has 0 aliphatic carbocycles. The highest BCUT2D eigenvalue weighted by atomic mass is 32.2. The number of aliphatic hydroxyl groups excluding tert-OH is 2. The molecule has 46 heavy (non-hydrogen) atoms. The zero-order chi connectivity index (χ0) is 34.1. The van der Waals surface area contributed by atoms with E-state index in [1.54, 1.807) is 6.08 Å². The third-order valence-corrected chi connectivity index (χ3v) is 9.21. The van der Waals surface area contributed by atoms with Crippen LogP contribution in [0.5, 0.6) is 0 Å². The van der Waals surface area contributed by atoms with Crippen molar-refractivity contribution in [2.24, 2.45) is 0 Å². The molecule has 0 aliphatic rings. The molecule has 0 bridgehead atoms. The summed E-state index contributed by atoms with van der Waals surface area (Å²) >= 11 is 0. The molecule has 0 saturated carbocycles. The lowest BCUT2D eigenvalue weighted by molar-refractivity contribution is -0.130. The summed E-state index contributed by atoms with van der Waals surface area (Å²) in [5.41, 5.74) is 0. The summed E-state index contributed by atoms with van der Waals surface area (Å²) < 4.78 is 32.3. The van der Waals surface area contributed by atoms with Crippen molar-refractivity contribution in [3.63, 3.8) is 0 Å². The fourth-order valence-electron chi connectivity index (χ4n) is 5.55. The van der Waals surface area contributed by atoms with E-state index in [-0.39, 0.29) is 6.42 Å².